The minimum Gasteiger partial charge on any atom is -0.476 e. The number of hydrogen-bond donors (Lipinski definition) is 1. The highest BCUT2D eigenvalue weighted by atomic mass is 16.4. The highest BCUT2D eigenvalue weighted by Crippen LogP contribution is 2.24. The summed E-state index contributed by atoms with van der Waals surface area (Å²) in [6, 6.07) is 8.03. The molecule has 0 spiro atoms. The van der Waals surface area contributed by atoms with Gasteiger partial charge in [0.25, 0.3) is 0 Å². The fourth-order valence-electron chi connectivity index (χ4n) is 2.35. The molecule has 0 radical (unpaired) electrons. The molecule has 22 heavy (non-hydrogen) atoms. The molecule has 1 aromatic heterocycles. The van der Waals surface area contributed by atoms with E-state index in [4.69, 9.17) is 0 Å². The minimum atomic E-state index is -1.03. The first-order valence-electron chi connectivity index (χ1n) is 7.49. The van der Waals surface area contributed by atoms with Crippen LogP contribution in [-0.4, -0.2) is 26.1 Å². The second-order valence-electron chi connectivity index (χ2n) is 7.00. The van der Waals surface area contributed by atoms with E-state index in [2.05, 4.69) is 43.2 Å². The number of carboxylic acid groups (broad SMARTS) is 1. The van der Waals surface area contributed by atoms with E-state index in [0.29, 0.717) is 18.0 Å². The summed E-state index contributed by atoms with van der Waals surface area (Å²) in [5.74, 6) is -0.711. The third-order valence-electron chi connectivity index (χ3n) is 3.55. The van der Waals surface area contributed by atoms with Gasteiger partial charge in [-0.2, -0.15) is 0 Å². The SMILES string of the molecule is CC(C)Cc1c(C(=O)O)nnn1-c1ccc(C(C)(C)C)cc1. The summed E-state index contributed by atoms with van der Waals surface area (Å²) < 4.78 is 1.63. The van der Waals surface area contributed by atoms with Crippen molar-refractivity contribution in [2.45, 2.75) is 46.5 Å². The summed E-state index contributed by atoms with van der Waals surface area (Å²) >= 11 is 0. The Morgan fingerprint density at radius 3 is 2.27 bits per heavy atom. The number of hydrogen-bond acceptors (Lipinski definition) is 3. The normalized spacial score (nSPS) is 11.9. The molecule has 0 saturated carbocycles. The maximum absolute atomic E-state index is 11.3. The molecule has 118 valence electrons. The van der Waals surface area contributed by atoms with Crippen molar-refractivity contribution in [2.75, 3.05) is 0 Å². The van der Waals surface area contributed by atoms with Gasteiger partial charge < -0.3 is 5.11 Å². The van der Waals surface area contributed by atoms with Crippen LogP contribution in [0.5, 0.6) is 0 Å². The summed E-state index contributed by atoms with van der Waals surface area (Å²) in [7, 11) is 0. The molecule has 2 rings (SSSR count). The second kappa shape index (κ2) is 5.91. The van der Waals surface area contributed by atoms with E-state index in [1.165, 1.54) is 5.56 Å². The van der Waals surface area contributed by atoms with E-state index in [0.717, 1.165) is 5.69 Å². The van der Waals surface area contributed by atoms with Crippen LogP contribution in [0.4, 0.5) is 0 Å². The Hall–Kier alpha value is -2.17. The van der Waals surface area contributed by atoms with E-state index in [1.54, 1.807) is 4.68 Å². The van der Waals surface area contributed by atoms with E-state index in [-0.39, 0.29) is 11.1 Å². The predicted molar refractivity (Wildman–Crippen MR) is 85.6 cm³/mol. The van der Waals surface area contributed by atoms with Crippen molar-refractivity contribution >= 4 is 5.97 Å². The third-order valence-corrected chi connectivity index (χ3v) is 3.55. The van der Waals surface area contributed by atoms with Crippen LogP contribution in [0.1, 0.15) is 56.4 Å². The molecule has 0 unspecified atom stereocenters. The lowest BCUT2D eigenvalue weighted by atomic mass is 9.87. The van der Waals surface area contributed by atoms with Gasteiger partial charge in [0, 0.05) is 0 Å². The monoisotopic (exact) mass is 301 g/mol. The Balaban J connectivity index is 2.46. The van der Waals surface area contributed by atoms with Crippen LogP contribution in [-0.2, 0) is 11.8 Å². The molecule has 0 aliphatic carbocycles. The number of carbonyl (C=O) groups is 1. The smallest absolute Gasteiger partial charge is 0.358 e. The molecule has 0 saturated heterocycles. The fourth-order valence-corrected chi connectivity index (χ4v) is 2.35. The molecule has 0 atom stereocenters. The molecule has 1 heterocycles. The summed E-state index contributed by atoms with van der Waals surface area (Å²) in [4.78, 5) is 11.3. The average molecular weight is 301 g/mol. The zero-order valence-electron chi connectivity index (χ0n) is 13.8. The molecule has 0 fully saturated rings. The van der Waals surface area contributed by atoms with Crippen LogP contribution in [0.2, 0.25) is 0 Å². The maximum Gasteiger partial charge on any atom is 0.358 e. The number of aromatic nitrogens is 3. The van der Waals surface area contributed by atoms with E-state index in [1.807, 2.05) is 26.0 Å². The molecule has 0 bridgehead atoms. The van der Waals surface area contributed by atoms with Gasteiger partial charge in [-0.05, 0) is 35.4 Å². The molecular formula is C17H23N3O2. The third kappa shape index (κ3) is 3.35. The summed E-state index contributed by atoms with van der Waals surface area (Å²) in [5, 5.41) is 17.1. The Morgan fingerprint density at radius 2 is 1.82 bits per heavy atom. The minimum absolute atomic E-state index is 0.0357. The van der Waals surface area contributed by atoms with Gasteiger partial charge in [-0.15, -0.1) is 5.10 Å². The van der Waals surface area contributed by atoms with Crippen LogP contribution in [0.15, 0.2) is 24.3 Å². The topological polar surface area (TPSA) is 68.0 Å². The second-order valence-corrected chi connectivity index (χ2v) is 7.00. The molecule has 2 aromatic rings. The van der Waals surface area contributed by atoms with Crippen LogP contribution in [0, 0.1) is 5.92 Å². The molecule has 0 amide bonds. The van der Waals surface area contributed by atoms with Crippen molar-refractivity contribution < 1.29 is 9.90 Å². The molecule has 5 nitrogen and oxygen atoms in total. The van der Waals surface area contributed by atoms with Crippen molar-refractivity contribution in [3.05, 3.63) is 41.2 Å². The zero-order chi connectivity index (χ0) is 16.5. The largest absolute Gasteiger partial charge is 0.476 e. The predicted octanol–water partition coefficient (Wildman–Crippen LogP) is 3.46. The lowest BCUT2D eigenvalue weighted by Gasteiger charge is -2.19. The molecule has 1 N–H and O–H groups in total. The van der Waals surface area contributed by atoms with Crippen molar-refractivity contribution in [1.82, 2.24) is 15.0 Å². The highest BCUT2D eigenvalue weighted by molar-refractivity contribution is 5.86. The number of carboxylic acids is 1. The molecule has 0 aliphatic rings. The highest BCUT2D eigenvalue weighted by Gasteiger charge is 2.21. The maximum atomic E-state index is 11.3. The number of rotatable bonds is 4. The Labute approximate surface area is 131 Å². The van der Waals surface area contributed by atoms with Crippen molar-refractivity contribution in [2.24, 2.45) is 5.92 Å². The summed E-state index contributed by atoms with van der Waals surface area (Å²) in [6.45, 7) is 10.6. The Bertz CT molecular complexity index is 664. The van der Waals surface area contributed by atoms with E-state index < -0.39 is 5.97 Å². The van der Waals surface area contributed by atoms with Gasteiger partial charge in [0.1, 0.15) is 0 Å². The van der Waals surface area contributed by atoms with Crippen LogP contribution < -0.4 is 0 Å². The molecule has 5 heteroatoms. The fraction of sp³-hybridized carbons (Fsp3) is 0.471. The van der Waals surface area contributed by atoms with Gasteiger partial charge in [-0.1, -0.05) is 52.0 Å². The number of nitrogens with zero attached hydrogens (tertiary/aromatic N) is 3. The standard InChI is InChI=1S/C17H23N3O2/c1-11(2)10-14-15(16(21)22)18-19-20(14)13-8-6-12(7-9-13)17(3,4)5/h6-9,11H,10H2,1-5H3,(H,21,22). The van der Waals surface area contributed by atoms with Gasteiger partial charge in [0.2, 0.25) is 0 Å². The summed E-state index contributed by atoms with van der Waals surface area (Å²) in [5.41, 5.74) is 2.82. The van der Waals surface area contributed by atoms with Gasteiger partial charge in [0.05, 0.1) is 11.4 Å². The van der Waals surface area contributed by atoms with E-state index in [9.17, 15) is 9.90 Å². The number of aromatic carboxylic acids is 1. The van der Waals surface area contributed by atoms with Crippen molar-refractivity contribution in [1.29, 1.82) is 0 Å². The van der Waals surface area contributed by atoms with Crippen LogP contribution in [0.3, 0.4) is 0 Å². The summed E-state index contributed by atoms with van der Waals surface area (Å²) in [6.07, 6.45) is 0.621. The Kier molecular flexibility index (Phi) is 4.35. The molecular weight excluding hydrogens is 278 g/mol. The van der Waals surface area contributed by atoms with Gasteiger partial charge in [0.15, 0.2) is 5.69 Å². The molecule has 1 aromatic carbocycles. The van der Waals surface area contributed by atoms with Crippen LogP contribution >= 0.6 is 0 Å². The van der Waals surface area contributed by atoms with Gasteiger partial charge in [-0.25, -0.2) is 9.48 Å². The average Bonchev–Trinajstić information content (AvgIpc) is 2.81. The first-order valence-corrected chi connectivity index (χ1v) is 7.49. The lowest BCUT2D eigenvalue weighted by Crippen LogP contribution is -2.12. The van der Waals surface area contributed by atoms with Gasteiger partial charge >= 0.3 is 5.97 Å². The van der Waals surface area contributed by atoms with Gasteiger partial charge in [-0.3, -0.25) is 0 Å². The quantitative estimate of drug-likeness (QED) is 0.939. The Morgan fingerprint density at radius 1 is 1.23 bits per heavy atom. The molecule has 0 aliphatic heterocycles. The van der Waals surface area contributed by atoms with Crippen molar-refractivity contribution in [3.8, 4) is 5.69 Å². The first-order chi connectivity index (χ1) is 10.2. The van der Waals surface area contributed by atoms with Crippen LogP contribution in [0.25, 0.3) is 5.69 Å². The van der Waals surface area contributed by atoms with Crippen molar-refractivity contribution in [3.63, 3.8) is 0 Å². The number of benzene rings is 1. The first kappa shape index (κ1) is 16.2. The zero-order valence-corrected chi connectivity index (χ0v) is 13.8. The lowest BCUT2D eigenvalue weighted by molar-refractivity contribution is 0.0689. The van der Waals surface area contributed by atoms with E-state index >= 15 is 0 Å².